The predicted octanol–water partition coefficient (Wildman–Crippen LogP) is 2.36. The molecule has 0 aromatic heterocycles. The zero-order valence-corrected chi connectivity index (χ0v) is 15.1. The van der Waals surface area contributed by atoms with Gasteiger partial charge in [0, 0.05) is 38.0 Å². The van der Waals surface area contributed by atoms with Crippen molar-refractivity contribution in [2.24, 2.45) is 4.99 Å². The summed E-state index contributed by atoms with van der Waals surface area (Å²) in [4.78, 5) is 18.7. The van der Waals surface area contributed by atoms with E-state index in [9.17, 15) is 4.79 Å². The van der Waals surface area contributed by atoms with Crippen LogP contribution in [-0.4, -0.2) is 49.0 Å². The van der Waals surface area contributed by atoms with Crippen LogP contribution in [0.4, 0.5) is 0 Å². The van der Waals surface area contributed by atoms with Crippen LogP contribution in [0.2, 0.25) is 0 Å². The van der Waals surface area contributed by atoms with Gasteiger partial charge >= 0.3 is 0 Å². The normalized spacial score (nSPS) is 18.1. The largest absolute Gasteiger partial charge is 0.357 e. The van der Waals surface area contributed by atoms with Gasteiger partial charge in [-0.3, -0.25) is 9.79 Å². The van der Waals surface area contributed by atoms with E-state index in [1.807, 2.05) is 13.8 Å². The molecular formula is C19H30N4O. The maximum atomic E-state index is 11.7. The fraction of sp³-hybridized carbons (Fsp3) is 0.579. The molecule has 1 amide bonds. The summed E-state index contributed by atoms with van der Waals surface area (Å²) in [5.74, 6) is 1.54. The molecule has 1 saturated heterocycles. The van der Waals surface area contributed by atoms with Crippen molar-refractivity contribution in [1.29, 1.82) is 0 Å². The van der Waals surface area contributed by atoms with Crippen molar-refractivity contribution in [3.05, 3.63) is 35.9 Å². The van der Waals surface area contributed by atoms with Crippen molar-refractivity contribution >= 4 is 11.9 Å². The molecule has 1 atom stereocenters. The fourth-order valence-corrected chi connectivity index (χ4v) is 3.03. The minimum atomic E-state index is 0.0631. The Morgan fingerprint density at radius 2 is 2.08 bits per heavy atom. The smallest absolute Gasteiger partial charge is 0.222 e. The molecule has 1 fully saturated rings. The van der Waals surface area contributed by atoms with Gasteiger partial charge in [-0.05, 0) is 32.8 Å². The number of rotatable bonds is 6. The van der Waals surface area contributed by atoms with E-state index in [1.165, 1.54) is 5.56 Å². The number of nitrogens with one attached hydrogen (secondary N) is 2. The lowest BCUT2D eigenvalue weighted by Gasteiger charge is -2.21. The number of hydrogen-bond donors (Lipinski definition) is 2. The van der Waals surface area contributed by atoms with Gasteiger partial charge in [0.25, 0.3) is 0 Å². The molecule has 2 rings (SSSR count). The summed E-state index contributed by atoms with van der Waals surface area (Å²) in [6, 6.07) is 10.8. The molecular weight excluding hydrogens is 300 g/mol. The molecule has 0 spiro atoms. The molecule has 1 unspecified atom stereocenters. The summed E-state index contributed by atoms with van der Waals surface area (Å²) in [7, 11) is 0. The highest BCUT2D eigenvalue weighted by molar-refractivity contribution is 5.81. The van der Waals surface area contributed by atoms with Gasteiger partial charge < -0.3 is 15.5 Å². The molecule has 0 saturated carbocycles. The highest BCUT2D eigenvalue weighted by atomic mass is 16.1. The van der Waals surface area contributed by atoms with E-state index in [4.69, 9.17) is 0 Å². The maximum absolute atomic E-state index is 11.7. The molecule has 5 nitrogen and oxygen atoms in total. The van der Waals surface area contributed by atoms with Crippen molar-refractivity contribution in [2.45, 2.75) is 45.6 Å². The first kappa shape index (κ1) is 18.3. The second kappa shape index (κ2) is 9.30. The minimum Gasteiger partial charge on any atom is -0.357 e. The Labute approximate surface area is 145 Å². The van der Waals surface area contributed by atoms with Crippen molar-refractivity contribution < 1.29 is 4.79 Å². The monoisotopic (exact) mass is 330 g/mol. The first-order valence-electron chi connectivity index (χ1n) is 8.97. The van der Waals surface area contributed by atoms with E-state index in [0.717, 1.165) is 32.0 Å². The highest BCUT2D eigenvalue weighted by Gasteiger charge is 2.25. The van der Waals surface area contributed by atoms with Crippen LogP contribution < -0.4 is 10.6 Å². The summed E-state index contributed by atoms with van der Waals surface area (Å²) in [6.45, 7) is 9.36. The second-order valence-electron chi connectivity index (χ2n) is 6.55. The molecule has 1 aliphatic rings. The number of carbonyl (C=O) groups is 1. The molecule has 1 aliphatic heterocycles. The molecule has 2 N–H and O–H groups in total. The zero-order chi connectivity index (χ0) is 17.4. The Morgan fingerprint density at radius 3 is 2.75 bits per heavy atom. The average molecular weight is 330 g/mol. The molecule has 24 heavy (non-hydrogen) atoms. The SMILES string of the molecule is CCNC(=NCCC(=O)NC(C)C)N1CCC(c2ccccc2)C1. The first-order chi connectivity index (χ1) is 11.6. The van der Waals surface area contributed by atoms with Crippen LogP contribution in [0.3, 0.4) is 0 Å². The van der Waals surface area contributed by atoms with Crippen LogP contribution in [0.25, 0.3) is 0 Å². The third-order valence-electron chi connectivity index (χ3n) is 4.14. The van der Waals surface area contributed by atoms with Gasteiger partial charge in [0.2, 0.25) is 5.91 Å². The van der Waals surface area contributed by atoms with Gasteiger partial charge in [0.05, 0.1) is 6.54 Å². The van der Waals surface area contributed by atoms with Gasteiger partial charge in [0.1, 0.15) is 0 Å². The first-order valence-corrected chi connectivity index (χ1v) is 8.97. The molecule has 5 heteroatoms. The Kier molecular flexibility index (Phi) is 7.09. The molecule has 0 bridgehead atoms. The minimum absolute atomic E-state index is 0.0631. The third kappa shape index (κ3) is 5.55. The Hall–Kier alpha value is -2.04. The van der Waals surface area contributed by atoms with Crippen molar-refractivity contribution in [1.82, 2.24) is 15.5 Å². The van der Waals surface area contributed by atoms with Crippen LogP contribution in [0.1, 0.15) is 45.1 Å². The van der Waals surface area contributed by atoms with E-state index in [0.29, 0.717) is 18.9 Å². The molecule has 1 heterocycles. The molecule has 0 aliphatic carbocycles. The topological polar surface area (TPSA) is 56.7 Å². The Morgan fingerprint density at radius 1 is 1.33 bits per heavy atom. The third-order valence-corrected chi connectivity index (χ3v) is 4.14. The Bertz CT molecular complexity index is 542. The van der Waals surface area contributed by atoms with Crippen LogP contribution in [-0.2, 0) is 4.79 Å². The number of benzene rings is 1. The van der Waals surface area contributed by atoms with Gasteiger partial charge in [-0.25, -0.2) is 0 Å². The van der Waals surface area contributed by atoms with Crippen LogP contribution in [0, 0.1) is 0 Å². The predicted molar refractivity (Wildman–Crippen MR) is 99.2 cm³/mol. The number of amides is 1. The van der Waals surface area contributed by atoms with Crippen LogP contribution >= 0.6 is 0 Å². The fourth-order valence-electron chi connectivity index (χ4n) is 3.03. The maximum Gasteiger partial charge on any atom is 0.222 e. The van der Waals surface area contributed by atoms with Gasteiger partial charge in [-0.15, -0.1) is 0 Å². The van der Waals surface area contributed by atoms with E-state index in [2.05, 4.69) is 57.8 Å². The summed E-state index contributed by atoms with van der Waals surface area (Å²) in [5.41, 5.74) is 1.40. The van der Waals surface area contributed by atoms with Crippen LogP contribution in [0.15, 0.2) is 35.3 Å². The molecule has 0 radical (unpaired) electrons. The summed E-state index contributed by atoms with van der Waals surface area (Å²) in [6.07, 6.45) is 1.57. The average Bonchev–Trinajstić information content (AvgIpc) is 3.04. The lowest BCUT2D eigenvalue weighted by Crippen LogP contribution is -2.40. The number of carbonyl (C=O) groups excluding carboxylic acids is 1. The lowest BCUT2D eigenvalue weighted by atomic mass is 9.99. The standard InChI is InChI=1S/C19H30N4O/c1-4-20-19(21-12-10-18(24)22-15(2)3)23-13-11-17(14-23)16-8-6-5-7-9-16/h5-9,15,17H,4,10-14H2,1-3H3,(H,20,21)(H,22,24). The number of aliphatic imine (C=N–C) groups is 1. The van der Waals surface area contributed by atoms with E-state index < -0.39 is 0 Å². The van der Waals surface area contributed by atoms with E-state index in [1.54, 1.807) is 0 Å². The lowest BCUT2D eigenvalue weighted by molar-refractivity contribution is -0.121. The Balaban J connectivity index is 1.90. The molecule has 1 aromatic carbocycles. The number of likely N-dealkylation sites (tertiary alicyclic amines) is 1. The summed E-state index contributed by atoms with van der Waals surface area (Å²) < 4.78 is 0. The van der Waals surface area contributed by atoms with Gasteiger partial charge in [-0.1, -0.05) is 30.3 Å². The van der Waals surface area contributed by atoms with Gasteiger partial charge in [-0.2, -0.15) is 0 Å². The zero-order valence-electron chi connectivity index (χ0n) is 15.1. The van der Waals surface area contributed by atoms with E-state index >= 15 is 0 Å². The second-order valence-corrected chi connectivity index (χ2v) is 6.55. The van der Waals surface area contributed by atoms with Crippen molar-refractivity contribution in [3.63, 3.8) is 0 Å². The molecule has 132 valence electrons. The van der Waals surface area contributed by atoms with Crippen LogP contribution in [0.5, 0.6) is 0 Å². The van der Waals surface area contributed by atoms with Crippen molar-refractivity contribution in [3.8, 4) is 0 Å². The quantitative estimate of drug-likeness (QED) is 0.622. The number of guanidine groups is 1. The highest BCUT2D eigenvalue weighted by Crippen LogP contribution is 2.26. The summed E-state index contributed by atoms with van der Waals surface area (Å²) in [5, 5.41) is 6.26. The van der Waals surface area contributed by atoms with E-state index in [-0.39, 0.29) is 11.9 Å². The van der Waals surface area contributed by atoms with Gasteiger partial charge in [0.15, 0.2) is 5.96 Å². The molecule has 1 aromatic rings. The number of hydrogen-bond acceptors (Lipinski definition) is 2. The van der Waals surface area contributed by atoms with Crippen molar-refractivity contribution in [2.75, 3.05) is 26.2 Å². The summed E-state index contributed by atoms with van der Waals surface area (Å²) >= 11 is 0. The number of nitrogens with zero attached hydrogens (tertiary/aromatic N) is 2.